The minimum Gasteiger partial charge on any atom is -0.379 e. The topological polar surface area (TPSA) is 79.0 Å². The van der Waals surface area contributed by atoms with Crippen LogP contribution in [0.1, 0.15) is 88.1 Å². The van der Waals surface area contributed by atoms with Crippen LogP contribution in [0.5, 0.6) is 0 Å². The van der Waals surface area contributed by atoms with Crippen molar-refractivity contribution in [1.82, 2.24) is 9.80 Å². The molecule has 0 saturated heterocycles. The van der Waals surface area contributed by atoms with Crippen molar-refractivity contribution in [3.63, 3.8) is 0 Å². The van der Waals surface area contributed by atoms with Crippen molar-refractivity contribution in [3.05, 3.63) is 37.7 Å². The number of rotatable bonds is 11. The highest BCUT2D eigenvalue weighted by atomic mass is 16.5. The van der Waals surface area contributed by atoms with Gasteiger partial charge in [-0.2, -0.15) is 0 Å². The zero-order valence-corrected chi connectivity index (χ0v) is 26.0. The van der Waals surface area contributed by atoms with Crippen LogP contribution in [-0.4, -0.2) is 75.1 Å². The standard InChI is InChI=1S/C13H22N2O3.C5H13N.C5H6O.3C2H6/c1-4-15(5-2)7-9-18-8-6-14-11-10(3)12(16)13(11)17;1-4-6(3)5-2;1-4-2-3-5(4)6;3*1-2/h14H,4-9H2,1-3H3;4-5H2,1-3H3;2H,3H2,1H3;3*1-2H3. The van der Waals surface area contributed by atoms with Gasteiger partial charge >= 0.3 is 0 Å². The maximum Gasteiger partial charge on any atom is 0.249 e. The molecular formula is C29H59N3O4. The number of anilines is 1. The number of carbonyl (C=O) groups excluding carboxylic acids is 1. The van der Waals surface area contributed by atoms with Crippen LogP contribution in [-0.2, 0) is 9.53 Å². The van der Waals surface area contributed by atoms with E-state index >= 15 is 0 Å². The number of nitrogens with one attached hydrogen (secondary N) is 1. The SMILES string of the molecule is CC.CC.CC.CC1=CCC1=O.CCN(C)CC.CCN(CC)CCOCCNc1c(C)c(=O)c1=O. The molecule has 0 aromatic heterocycles. The van der Waals surface area contributed by atoms with E-state index in [0.29, 0.717) is 43.2 Å². The van der Waals surface area contributed by atoms with E-state index in [1.807, 2.05) is 54.5 Å². The minimum atomic E-state index is -0.407. The molecule has 0 heterocycles. The summed E-state index contributed by atoms with van der Waals surface area (Å²) in [5.74, 6) is 0.301. The fourth-order valence-electron chi connectivity index (χ4n) is 2.41. The highest BCUT2D eigenvalue weighted by molar-refractivity contribution is 6.01. The molecule has 1 aliphatic rings. The molecule has 0 spiro atoms. The van der Waals surface area contributed by atoms with Gasteiger partial charge in [0.2, 0.25) is 10.9 Å². The molecule has 0 bridgehead atoms. The van der Waals surface area contributed by atoms with Crippen molar-refractivity contribution in [2.75, 3.05) is 64.8 Å². The Morgan fingerprint density at radius 1 is 0.806 bits per heavy atom. The summed E-state index contributed by atoms with van der Waals surface area (Å²) < 4.78 is 5.46. The third-order valence-electron chi connectivity index (χ3n) is 5.26. The van der Waals surface area contributed by atoms with Gasteiger partial charge in [-0.1, -0.05) is 75.3 Å². The lowest BCUT2D eigenvalue weighted by molar-refractivity contribution is -0.116. The molecule has 0 aliphatic heterocycles. The van der Waals surface area contributed by atoms with E-state index < -0.39 is 5.43 Å². The molecule has 1 aromatic rings. The van der Waals surface area contributed by atoms with Crippen LogP contribution >= 0.6 is 0 Å². The molecule has 7 heteroatoms. The number of hydrogen-bond acceptors (Lipinski definition) is 7. The number of likely N-dealkylation sites (N-methyl/N-ethyl adjacent to an activating group) is 1. The number of Topliss-reactive ketones (excluding diaryl/α,β-unsaturated/α-hetero) is 1. The molecular weight excluding hydrogens is 454 g/mol. The van der Waals surface area contributed by atoms with Crippen molar-refractivity contribution in [1.29, 1.82) is 0 Å². The van der Waals surface area contributed by atoms with Crippen molar-refractivity contribution in [3.8, 4) is 0 Å². The summed E-state index contributed by atoms with van der Waals surface area (Å²) in [5.41, 5.74) is 1.13. The number of allylic oxidation sites excluding steroid dienone is 2. The zero-order valence-electron chi connectivity index (χ0n) is 26.0. The molecule has 7 nitrogen and oxygen atoms in total. The molecule has 0 amide bonds. The van der Waals surface area contributed by atoms with Crippen molar-refractivity contribution in [2.45, 2.75) is 89.5 Å². The van der Waals surface area contributed by atoms with Crippen molar-refractivity contribution >= 4 is 11.5 Å². The van der Waals surface area contributed by atoms with Crippen LogP contribution < -0.4 is 16.2 Å². The molecule has 0 radical (unpaired) electrons. The van der Waals surface area contributed by atoms with Gasteiger partial charge in [-0.3, -0.25) is 14.4 Å². The molecule has 1 aromatic carbocycles. The van der Waals surface area contributed by atoms with Crippen molar-refractivity contribution < 1.29 is 9.53 Å². The molecule has 36 heavy (non-hydrogen) atoms. The summed E-state index contributed by atoms with van der Waals surface area (Å²) in [6.07, 6.45) is 2.61. The Kier molecular flexibility index (Phi) is 33.7. The molecule has 0 unspecified atom stereocenters. The first-order valence-corrected chi connectivity index (χ1v) is 14.0. The predicted molar refractivity (Wildman–Crippen MR) is 159 cm³/mol. The fourth-order valence-corrected chi connectivity index (χ4v) is 2.41. The summed E-state index contributed by atoms with van der Waals surface area (Å²) in [7, 11) is 2.11. The zero-order chi connectivity index (χ0) is 29.1. The van der Waals surface area contributed by atoms with Crippen LogP contribution in [0.25, 0.3) is 0 Å². The van der Waals surface area contributed by atoms with E-state index in [-0.39, 0.29) is 5.43 Å². The first-order chi connectivity index (χ1) is 17.2. The van der Waals surface area contributed by atoms with Crippen LogP contribution in [0.2, 0.25) is 0 Å². The van der Waals surface area contributed by atoms with E-state index in [1.54, 1.807) is 6.92 Å². The molecule has 1 aliphatic carbocycles. The summed E-state index contributed by atoms with van der Waals surface area (Å²) >= 11 is 0. The second-order valence-electron chi connectivity index (χ2n) is 7.23. The maximum atomic E-state index is 11.1. The molecule has 214 valence electrons. The summed E-state index contributed by atoms with van der Waals surface area (Å²) in [4.78, 5) is 36.8. The molecule has 1 N–H and O–H groups in total. The van der Waals surface area contributed by atoms with Gasteiger partial charge in [-0.15, -0.1) is 0 Å². The van der Waals surface area contributed by atoms with Gasteiger partial charge < -0.3 is 19.9 Å². The number of nitrogens with zero attached hydrogens (tertiary/aromatic N) is 2. The first-order valence-electron chi connectivity index (χ1n) is 14.0. The van der Waals surface area contributed by atoms with Crippen LogP contribution in [0.4, 0.5) is 5.69 Å². The van der Waals surface area contributed by atoms with Gasteiger partial charge in [-0.25, -0.2) is 0 Å². The van der Waals surface area contributed by atoms with E-state index in [0.717, 1.165) is 38.3 Å². The van der Waals surface area contributed by atoms with E-state index in [1.165, 1.54) is 0 Å². The van der Waals surface area contributed by atoms with Crippen LogP contribution in [0.3, 0.4) is 0 Å². The summed E-state index contributed by atoms with van der Waals surface area (Å²) in [5, 5.41) is 2.94. The Morgan fingerprint density at radius 2 is 1.28 bits per heavy atom. The Labute approximate surface area is 223 Å². The summed E-state index contributed by atoms with van der Waals surface area (Å²) in [6.45, 7) is 31.2. The lowest BCUT2D eigenvalue weighted by Crippen LogP contribution is -2.37. The Bertz CT molecular complexity index is 714. The summed E-state index contributed by atoms with van der Waals surface area (Å²) in [6, 6.07) is 0. The number of ketones is 1. The van der Waals surface area contributed by atoms with Crippen molar-refractivity contribution in [2.24, 2.45) is 0 Å². The average molecular weight is 514 g/mol. The fraction of sp³-hybridized carbons (Fsp3) is 0.759. The molecule has 0 atom stereocenters. The highest BCUT2D eigenvalue weighted by Gasteiger charge is 2.15. The Balaban J connectivity index is -0.000000233. The van der Waals surface area contributed by atoms with Gasteiger partial charge in [0.25, 0.3) is 0 Å². The number of hydrogen-bond donors (Lipinski definition) is 1. The quantitative estimate of drug-likeness (QED) is 0.317. The Morgan fingerprint density at radius 3 is 1.56 bits per heavy atom. The highest BCUT2D eigenvalue weighted by Crippen LogP contribution is 2.10. The number of ether oxygens (including phenoxy) is 1. The Hall–Kier alpha value is -1.83. The molecule has 2 rings (SSSR count). The lowest BCUT2D eigenvalue weighted by atomic mass is 10.00. The van der Waals surface area contributed by atoms with Gasteiger partial charge in [0, 0.05) is 25.1 Å². The second kappa shape index (κ2) is 29.4. The largest absolute Gasteiger partial charge is 0.379 e. The molecule has 0 saturated carbocycles. The van der Waals surface area contributed by atoms with Gasteiger partial charge in [0.15, 0.2) is 5.78 Å². The van der Waals surface area contributed by atoms with Gasteiger partial charge in [0.05, 0.1) is 18.9 Å². The normalized spacial score (nSPS) is 11.1. The van der Waals surface area contributed by atoms with Crippen LogP contribution in [0.15, 0.2) is 21.2 Å². The minimum absolute atomic E-state index is 0.301. The maximum absolute atomic E-state index is 11.1. The van der Waals surface area contributed by atoms with Gasteiger partial charge in [-0.05, 0) is 52.6 Å². The van der Waals surface area contributed by atoms with Crippen LogP contribution in [0, 0.1) is 6.92 Å². The monoisotopic (exact) mass is 513 g/mol. The van der Waals surface area contributed by atoms with E-state index in [9.17, 15) is 14.4 Å². The van der Waals surface area contributed by atoms with E-state index in [2.05, 4.69) is 49.9 Å². The first kappa shape index (κ1) is 41.3. The average Bonchev–Trinajstić information content (AvgIpc) is 2.96. The smallest absolute Gasteiger partial charge is 0.249 e. The third kappa shape index (κ3) is 19.4. The molecule has 0 fully saturated rings. The predicted octanol–water partition coefficient (Wildman–Crippen LogP) is 5.30. The van der Waals surface area contributed by atoms with Gasteiger partial charge in [0.1, 0.15) is 0 Å². The van der Waals surface area contributed by atoms with E-state index in [4.69, 9.17) is 4.74 Å². The third-order valence-corrected chi connectivity index (χ3v) is 5.26. The second-order valence-corrected chi connectivity index (χ2v) is 7.23. The number of carbonyl (C=O) groups is 1. The lowest BCUT2D eigenvalue weighted by Gasteiger charge is -2.17.